The molecule has 1 atom stereocenters. The zero-order valence-corrected chi connectivity index (χ0v) is 17.7. The van der Waals surface area contributed by atoms with Crippen LogP contribution in [0.25, 0.3) is 0 Å². The minimum Gasteiger partial charge on any atom is -0.465 e. The molecule has 3 amide bonds. The van der Waals surface area contributed by atoms with E-state index in [-0.39, 0.29) is 24.0 Å². The summed E-state index contributed by atoms with van der Waals surface area (Å²) in [4.78, 5) is 26.9. The second kappa shape index (κ2) is 10.3. The third-order valence-corrected chi connectivity index (χ3v) is 4.83. The second-order valence-electron chi connectivity index (χ2n) is 7.66. The van der Waals surface area contributed by atoms with Gasteiger partial charge in [0.2, 0.25) is 0 Å². The van der Waals surface area contributed by atoms with E-state index in [0.717, 1.165) is 24.6 Å². The van der Waals surface area contributed by atoms with Crippen LogP contribution in [0.4, 0.5) is 10.5 Å². The van der Waals surface area contributed by atoms with Crippen molar-refractivity contribution in [1.82, 2.24) is 15.5 Å². The quantitative estimate of drug-likeness (QED) is 0.647. The van der Waals surface area contributed by atoms with Gasteiger partial charge in [0.05, 0.1) is 19.3 Å². The molecule has 1 unspecified atom stereocenters. The van der Waals surface area contributed by atoms with E-state index in [1.54, 1.807) is 24.3 Å². The summed E-state index contributed by atoms with van der Waals surface area (Å²) in [6.07, 6.45) is 0. The van der Waals surface area contributed by atoms with E-state index < -0.39 is 0 Å². The molecule has 1 aliphatic heterocycles. The van der Waals surface area contributed by atoms with Crippen LogP contribution in [0.3, 0.4) is 0 Å². The minimum atomic E-state index is -0.303. The number of hydrogen-bond acceptors (Lipinski definition) is 5. The number of nitrogens with one attached hydrogen (secondary N) is 3. The smallest absolute Gasteiger partial charge is 0.319 e. The van der Waals surface area contributed by atoms with E-state index in [1.165, 1.54) is 0 Å². The van der Waals surface area contributed by atoms with Crippen molar-refractivity contribution >= 4 is 17.6 Å². The Morgan fingerprint density at radius 2 is 1.90 bits per heavy atom. The number of benzene rings is 1. The number of morpholine rings is 1. The highest BCUT2D eigenvalue weighted by Crippen LogP contribution is 2.23. The molecule has 162 valence electrons. The zero-order chi connectivity index (χ0) is 21.5. The van der Waals surface area contributed by atoms with Gasteiger partial charge in [0, 0.05) is 36.9 Å². The number of amides is 3. The molecule has 0 aliphatic carbocycles. The van der Waals surface area contributed by atoms with E-state index in [9.17, 15) is 9.59 Å². The van der Waals surface area contributed by atoms with Crippen LogP contribution in [0.15, 0.2) is 40.8 Å². The molecule has 1 aromatic carbocycles. The predicted molar refractivity (Wildman–Crippen MR) is 115 cm³/mol. The molecular weight excluding hydrogens is 384 g/mol. The van der Waals surface area contributed by atoms with Gasteiger partial charge in [-0.3, -0.25) is 9.69 Å². The summed E-state index contributed by atoms with van der Waals surface area (Å²) in [5.74, 6) is 1.47. The van der Waals surface area contributed by atoms with Gasteiger partial charge in [-0.2, -0.15) is 0 Å². The van der Waals surface area contributed by atoms with Crippen molar-refractivity contribution in [3.63, 3.8) is 0 Å². The van der Waals surface area contributed by atoms with Gasteiger partial charge < -0.3 is 25.1 Å². The number of hydrogen-bond donors (Lipinski definition) is 3. The lowest BCUT2D eigenvalue weighted by Gasteiger charge is -2.33. The van der Waals surface area contributed by atoms with E-state index >= 15 is 0 Å². The van der Waals surface area contributed by atoms with Gasteiger partial charge in [0.15, 0.2) is 0 Å². The molecule has 1 saturated heterocycles. The van der Waals surface area contributed by atoms with Gasteiger partial charge in [-0.05, 0) is 51.1 Å². The number of anilines is 1. The fourth-order valence-electron chi connectivity index (χ4n) is 3.39. The zero-order valence-electron chi connectivity index (χ0n) is 17.7. The first kappa shape index (κ1) is 21.9. The monoisotopic (exact) mass is 414 g/mol. The van der Waals surface area contributed by atoms with Gasteiger partial charge in [-0.1, -0.05) is 6.07 Å². The Morgan fingerprint density at radius 1 is 1.13 bits per heavy atom. The number of rotatable bonds is 7. The largest absolute Gasteiger partial charge is 0.465 e. The molecule has 2 heterocycles. The maximum absolute atomic E-state index is 12.8. The van der Waals surface area contributed by atoms with Crippen LogP contribution in [0.2, 0.25) is 0 Å². The highest BCUT2D eigenvalue weighted by Gasteiger charge is 2.26. The summed E-state index contributed by atoms with van der Waals surface area (Å²) in [5, 5.41) is 8.51. The topological polar surface area (TPSA) is 95.8 Å². The van der Waals surface area contributed by atoms with Gasteiger partial charge in [-0.25, -0.2) is 4.79 Å². The fraction of sp³-hybridized carbons (Fsp3) is 0.455. The molecule has 1 aliphatic rings. The van der Waals surface area contributed by atoms with E-state index in [1.807, 2.05) is 32.9 Å². The van der Waals surface area contributed by atoms with Crippen molar-refractivity contribution < 1.29 is 18.7 Å². The number of ether oxygens (including phenoxy) is 1. The van der Waals surface area contributed by atoms with E-state index in [2.05, 4.69) is 20.9 Å². The van der Waals surface area contributed by atoms with Crippen LogP contribution in [-0.2, 0) is 4.74 Å². The number of furan rings is 1. The third-order valence-electron chi connectivity index (χ3n) is 4.83. The van der Waals surface area contributed by atoms with E-state index in [0.29, 0.717) is 31.0 Å². The fourth-order valence-corrected chi connectivity index (χ4v) is 3.39. The third kappa shape index (κ3) is 6.08. The Hall–Kier alpha value is -2.84. The number of carbonyl (C=O) groups excluding carboxylic acids is 2. The summed E-state index contributed by atoms with van der Waals surface area (Å²) in [6, 6.07) is 10.4. The lowest BCUT2D eigenvalue weighted by atomic mass is 10.1. The van der Waals surface area contributed by atoms with Crippen LogP contribution < -0.4 is 16.0 Å². The van der Waals surface area contributed by atoms with Crippen molar-refractivity contribution in [3.8, 4) is 0 Å². The van der Waals surface area contributed by atoms with Crippen molar-refractivity contribution in [2.45, 2.75) is 32.9 Å². The van der Waals surface area contributed by atoms with Gasteiger partial charge in [0.25, 0.3) is 5.91 Å². The number of nitrogens with zero attached hydrogens (tertiary/aromatic N) is 1. The standard InChI is InChI=1S/C22H30N4O4/c1-15(2)24-22(28)25-18-6-4-5-17(13-18)21(27)23-14-19(20-8-7-16(3)30-20)26-9-11-29-12-10-26/h4-8,13,15,19H,9-12,14H2,1-3H3,(H,23,27)(H2,24,25,28). The number of aryl methyl sites for hydroxylation is 1. The highest BCUT2D eigenvalue weighted by molar-refractivity contribution is 5.96. The molecule has 30 heavy (non-hydrogen) atoms. The Kier molecular flexibility index (Phi) is 7.48. The van der Waals surface area contributed by atoms with Gasteiger partial charge >= 0.3 is 6.03 Å². The molecular formula is C22H30N4O4. The summed E-state index contributed by atoms with van der Waals surface area (Å²) in [7, 11) is 0. The molecule has 8 nitrogen and oxygen atoms in total. The molecule has 0 spiro atoms. The first-order chi connectivity index (χ1) is 14.4. The van der Waals surface area contributed by atoms with Gasteiger partial charge in [-0.15, -0.1) is 0 Å². The molecule has 3 N–H and O–H groups in total. The van der Waals surface area contributed by atoms with Crippen molar-refractivity contribution in [2.75, 3.05) is 38.2 Å². The summed E-state index contributed by atoms with van der Waals surface area (Å²) in [6.45, 7) is 8.98. The maximum Gasteiger partial charge on any atom is 0.319 e. The molecule has 0 radical (unpaired) electrons. The average molecular weight is 415 g/mol. The SMILES string of the molecule is Cc1ccc(C(CNC(=O)c2cccc(NC(=O)NC(C)C)c2)N2CCOCC2)o1. The predicted octanol–water partition coefficient (Wildman–Crippen LogP) is 2.92. The van der Waals surface area contributed by atoms with Crippen LogP contribution in [0, 0.1) is 6.92 Å². The molecule has 1 fully saturated rings. The average Bonchev–Trinajstić information content (AvgIpc) is 3.14. The molecule has 0 saturated carbocycles. The first-order valence-corrected chi connectivity index (χ1v) is 10.3. The van der Waals surface area contributed by atoms with Crippen LogP contribution in [0.5, 0.6) is 0 Å². The molecule has 1 aromatic heterocycles. The summed E-state index contributed by atoms with van der Waals surface area (Å²) >= 11 is 0. The maximum atomic E-state index is 12.8. The normalized spacial score (nSPS) is 15.6. The molecule has 8 heteroatoms. The lowest BCUT2D eigenvalue weighted by molar-refractivity contribution is 0.0117. The Balaban J connectivity index is 1.65. The van der Waals surface area contributed by atoms with Crippen LogP contribution in [-0.4, -0.2) is 55.7 Å². The lowest BCUT2D eigenvalue weighted by Crippen LogP contribution is -2.43. The van der Waals surface area contributed by atoms with E-state index in [4.69, 9.17) is 9.15 Å². The number of urea groups is 1. The highest BCUT2D eigenvalue weighted by atomic mass is 16.5. The Labute approximate surface area is 177 Å². The van der Waals surface area contributed by atoms with Crippen molar-refractivity contribution in [2.24, 2.45) is 0 Å². The minimum absolute atomic E-state index is 0.0267. The van der Waals surface area contributed by atoms with Crippen molar-refractivity contribution in [3.05, 3.63) is 53.5 Å². The van der Waals surface area contributed by atoms with Gasteiger partial charge in [0.1, 0.15) is 11.5 Å². The first-order valence-electron chi connectivity index (χ1n) is 10.3. The molecule has 0 bridgehead atoms. The van der Waals surface area contributed by atoms with Crippen LogP contribution in [0.1, 0.15) is 41.8 Å². The Bertz CT molecular complexity index is 858. The summed E-state index contributed by atoms with van der Waals surface area (Å²) < 4.78 is 11.3. The summed E-state index contributed by atoms with van der Waals surface area (Å²) in [5.41, 5.74) is 1.04. The second-order valence-corrected chi connectivity index (χ2v) is 7.66. The van der Waals surface area contributed by atoms with Crippen LogP contribution >= 0.6 is 0 Å². The number of carbonyl (C=O) groups is 2. The molecule has 2 aromatic rings. The molecule has 3 rings (SSSR count). The van der Waals surface area contributed by atoms with Crippen molar-refractivity contribution in [1.29, 1.82) is 0 Å². The Morgan fingerprint density at radius 3 is 2.57 bits per heavy atom.